The van der Waals surface area contributed by atoms with E-state index in [-0.39, 0.29) is 0 Å². The largest absolute Gasteiger partial charge is 0.485 e. The van der Waals surface area contributed by atoms with Gasteiger partial charge in [-0.1, -0.05) is 0 Å². The van der Waals surface area contributed by atoms with E-state index < -0.39 is 0 Å². The molecule has 0 N–H and O–H groups in total. The SMILES string of the molecule is c1sc(-c2cc3c(s2)sc2cc(-c4scc5c4OCCO5)sc23)c2c1OCCO2. The zero-order valence-electron chi connectivity index (χ0n) is 14.8. The van der Waals surface area contributed by atoms with Crippen molar-refractivity contribution in [1.29, 1.82) is 0 Å². The number of rotatable bonds is 2. The summed E-state index contributed by atoms with van der Waals surface area (Å²) in [6, 6.07) is 4.61. The summed E-state index contributed by atoms with van der Waals surface area (Å²) < 4.78 is 27.3. The smallest absolute Gasteiger partial charge is 0.180 e. The molecule has 0 radical (unpaired) electrons. The fourth-order valence-electron chi connectivity index (χ4n) is 3.64. The van der Waals surface area contributed by atoms with Gasteiger partial charge in [-0.15, -0.1) is 56.7 Å². The van der Waals surface area contributed by atoms with Crippen molar-refractivity contribution in [2.45, 2.75) is 0 Å². The molecular weight excluding hydrogens is 465 g/mol. The standard InChI is InChI=1S/C20H12O4S5/c1-3-23-15-10(21-1)7-25-18(15)12-5-9-17-13(29-20(9)28-12)6-14(27-17)19-16-11(8-26-19)22-2-4-24-16/h5-8H,1-4H2. The maximum atomic E-state index is 5.89. The molecule has 7 rings (SSSR count). The highest BCUT2D eigenvalue weighted by atomic mass is 32.2. The van der Waals surface area contributed by atoms with E-state index in [1.54, 1.807) is 22.7 Å². The Hall–Kier alpha value is -1.78. The molecule has 0 amide bonds. The molecule has 0 unspecified atom stereocenters. The molecule has 29 heavy (non-hydrogen) atoms. The minimum absolute atomic E-state index is 0.617. The van der Waals surface area contributed by atoms with Gasteiger partial charge in [0.15, 0.2) is 23.0 Å². The third-order valence-electron chi connectivity index (χ3n) is 4.89. The molecule has 2 aliphatic rings. The number of ether oxygens (including phenoxy) is 4. The van der Waals surface area contributed by atoms with E-state index in [1.807, 2.05) is 34.0 Å². The fourth-order valence-corrected chi connectivity index (χ4v) is 9.71. The van der Waals surface area contributed by atoms with E-state index in [1.165, 1.54) is 38.3 Å². The summed E-state index contributed by atoms with van der Waals surface area (Å²) in [5, 5.41) is 5.44. The normalized spacial score (nSPS) is 15.4. The maximum absolute atomic E-state index is 5.89. The molecule has 5 aromatic rings. The monoisotopic (exact) mass is 476 g/mol. The Labute approximate surface area is 185 Å². The summed E-state index contributed by atoms with van der Waals surface area (Å²) in [5.41, 5.74) is 0. The number of hydrogen-bond donors (Lipinski definition) is 0. The van der Waals surface area contributed by atoms with Crippen molar-refractivity contribution >= 4 is 75.5 Å². The molecular formula is C20H12O4S5. The first-order valence-electron chi connectivity index (χ1n) is 9.06. The lowest BCUT2D eigenvalue weighted by Gasteiger charge is -2.15. The van der Waals surface area contributed by atoms with E-state index in [0.717, 1.165) is 23.0 Å². The minimum atomic E-state index is 0.617. The van der Waals surface area contributed by atoms with Crippen LogP contribution in [0.4, 0.5) is 0 Å². The van der Waals surface area contributed by atoms with Crippen molar-refractivity contribution in [3.63, 3.8) is 0 Å². The van der Waals surface area contributed by atoms with E-state index in [0.29, 0.717) is 26.4 Å². The second kappa shape index (κ2) is 6.36. The molecule has 7 heterocycles. The lowest BCUT2D eigenvalue weighted by atomic mass is 10.3. The van der Waals surface area contributed by atoms with Gasteiger partial charge in [-0.2, -0.15) is 0 Å². The van der Waals surface area contributed by atoms with Gasteiger partial charge < -0.3 is 18.9 Å². The van der Waals surface area contributed by atoms with Gasteiger partial charge in [-0.3, -0.25) is 0 Å². The van der Waals surface area contributed by atoms with E-state index in [9.17, 15) is 0 Å². The molecule has 0 spiro atoms. The van der Waals surface area contributed by atoms with Crippen LogP contribution >= 0.6 is 56.7 Å². The maximum Gasteiger partial charge on any atom is 0.180 e. The first-order valence-corrected chi connectivity index (χ1v) is 13.3. The zero-order valence-corrected chi connectivity index (χ0v) is 18.9. The van der Waals surface area contributed by atoms with Crippen molar-refractivity contribution in [3.8, 4) is 42.5 Å². The highest BCUT2D eigenvalue weighted by Crippen LogP contribution is 2.54. The van der Waals surface area contributed by atoms with Crippen molar-refractivity contribution in [2.24, 2.45) is 0 Å². The molecule has 0 saturated carbocycles. The van der Waals surface area contributed by atoms with Crippen LogP contribution in [0, 0.1) is 0 Å². The van der Waals surface area contributed by atoms with Gasteiger partial charge >= 0.3 is 0 Å². The van der Waals surface area contributed by atoms with Crippen LogP contribution in [0.3, 0.4) is 0 Å². The van der Waals surface area contributed by atoms with Crippen LogP contribution in [0.2, 0.25) is 0 Å². The molecule has 146 valence electrons. The van der Waals surface area contributed by atoms with Crippen molar-refractivity contribution in [2.75, 3.05) is 26.4 Å². The Bertz CT molecular complexity index is 1280. The molecule has 0 bridgehead atoms. The highest BCUT2D eigenvalue weighted by molar-refractivity contribution is 7.46. The van der Waals surface area contributed by atoms with E-state index >= 15 is 0 Å². The number of fused-ring (bicyclic) bond motifs is 5. The first kappa shape index (κ1) is 17.0. The Balaban J connectivity index is 1.34. The van der Waals surface area contributed by atoms with Crippen LogP contribution in [0.15, 0.2) is 22.9 Å². The van der Waals surface area contributed by atoms with Gasteiger partial charge in [0.2, 0.25) is 0 Å². The van der Waals surface area contributed by atoms with Crippen molar-refractivity contribution in [1.82, 2.24) is 0 Å². The topological polar surface area (TPSA) is 36.9 Å². The quantitative estimate of drug-likeness (QED) is 0.270. The first-order chi connectivity index (χ1) is 14.3. The second-order valence-electron chi connectivity index (χ2n) is 6.63. The van der Waals surface area contributed by atoms with E-state index in [4.69, 9.17) is 18.9 Å². The number of thiophene rings is 5. The molecule has 2 aliphatic heterocycles. The predicted molar refractivity (Wildman–Crippen MR) is 124 cm³/mol. The van der Waals surface area contributed by atoms with Gasteiger partial charge in [0, 0.05) is 20.8 Å². The Kier molecular flexibility index (Phi) is 3.72. The van der Waals surface area contributed by atoms with Crippen LogP contribution in [0.25, 0.3) is 38.3 Å². The third-order valence-corrected chi connectivity index (χ3v) is 10.8. The van der Waals surface area contributed by atoms with Gasteiger partial charge in [-0.25, -0.2) is 0 Å². The molecule has 9 heteroatoms. The highest BCUT2D eigenvalue weighted by Gasteiger charge is 2.24. The third kappa shape index (κ3) is 2.51. The van der Waals surface area contributed by atoms with Crippen LogP contribution in [-0.2, 0) is 0 Å². The lowest BCUT2D eigenvalue weighted by molar-refractivity contribution is 0.174. The molecule has 4 nitrogen and oxygen atoms in total. The summed E-state index contributed by atoms with van der Waals surface area (Å²) in [6.45, 7) is 2.49. The average molecular weight is 477 g/mol. The Morgan fingerprint density at radius 2 is 1.28 bits per heavy atom. The predicted octanol–water partition coefficient (Wildman–Crippen LogP) is 7.18. The minimum Gasteiger partial charge on any atom is -0.485 e. The fraction of sp³-hybridized carbons (Fsp3) is 0.200. The lowest BCUT2D eigenvalue weighted by Crippen LogP contribution is -2.14. The Morgan fingerprint density at radius 3 is 1.97 bits per heavy atom. The van der Waals surface area contributed by atoms with Gasteiger partial charge in [0.1, 0.15) is 26.4 Å². The molecule has 5 aromatic heterocycles. The molecule has 0 saturated heterocycles. The zero-order chi connectivity index (χ0) is 18.9. The van der Waals surface area contributed by atoms with Gasteiger partial charge in [0.05, 0.1) is 28.2 Å². The average Bonchev–Trinajstić information content (AvgIpc) is 3.52. The molecule has 0 aliphatic carbocycles. The van der Waals surface area contributed by atoms with Crippen LogP contribution in [-0.4, -0.2) is 26.4 Å². The molecule has 0 atom stereocenters. The Morgan fingerprint density at radius 1 is 0.655 bits per heavy atom. The molecule has 0 fully saturated rings. The van der Waals surface area contributed by atoms with Crippen molar-refractivity contribution < 1.29 is 18.9 Å². The summed E-state index contributed by atoms with van der Waals surface area (Å²) in [6.07, 6.45) is 0. The van der Waals surface area contributed by atoms with Gasteiger partial charge in [0.25, 0.3) is 0 Å². The summed E-state index contributed by atoms with van der Waals surface area (Å²) in [5.74, 6) is 3.56. The summed E-state index contributed by atoms with van der Waals surface area (Å²) in [7, 11) is 0. The van der Waals surface area contributed by atoms with Gasteiger partial charge in [-0.05, 0) is 12.1 Å². The summed E-state index contributed by atoms with van der Waals surface area (Å²) >= 11 is 8.95. The van der Waals surface area contributed by atoms with Crippen LogP contribution in [0.5, 0.6) is 23.0 Å². The van der Waals surface area contributed by atoms with Crippen LogP contribution < -0.4 is 18.9 Å². The van der Waals surface area contributed by atoms with Crippen molar-refractivity contribution in [3.05, 3.63) is 22.9 Å². The number of hydrogen-bond acceptors (Lipinski definition) is 9. The van der Waals surface area contributed by atoms with Crippen LogP contribution in [0.1, 0.15) is 0 Å². The molecule has 0 aromatic carbocycles. The second-order valence-corrected chi connectivity index (χ2v) is 11.8. The summed E-state index contributed by atoms with van der Waals surface area (Å²) in [4.78, 5) is 4.86. The van der Waals surface area contributed by atoms with E-state index in [2.05, 4.69) is 22.9 Å².